The molecular weight excluding hydrogens is 316 g/mol. The van der Waals surface area contributed by atoms with Gasteiger partial charge in [0.05, 0.1) is 0 Å². The monoisotopic (exact) mass is 326 g/mol. The maximum absolute atomic E-state index is 3.63. The first kappa shape index (κ1) is 11.2. The number of alkyl halides is 2. The standard InChI is InChI=1S/C13H12Br2/c14-9-13(15)8-10-5-6-11-3-1-2-4-12(11)7-10/h1-7,13H,8-9H2. The van der Waals surface area contributed by atoms with Gasteiger partial charge in [-0.2, -0.15) is 0 Å². The average molecular weight is 328 g/mol. The lowest BCUT2D eigenvalue weighted by Gasteiger charge is -2.07. The van der Waals surface area contributed by atoms with E-state index >= 15 is 0 Å². The minimum atomic E-state index is 0.513. The molecule has 0 saturated carbocycles. The van der Waals surface area contributed by atoms with E-state index in [0.29, 0.717) is 4.83 Å². The molecule has 0 heterocycles. The molecule has 2 rings (SSSR count). The van der Waals surface area contributed by atoms with Crippen LogP contribution in [0.15, 0.2) is 42.5 Å². The third kappa shape index (κ3) is 2.82. The molecule has 2 aromatic carbocycles. The van der Waals surface area contributed by atoms with Crippen LogP contribution in [-0.2, 0) is 6.42 Å². The molecule has 0 fully saturated rings. The Morgan fingerprint density at radius 2 is 1.73 bits per heavy atom. The van der Waals surface area contributed by atoms with E-state index in [2.05, 4.69) is 74.3 Å². The Bertz CT molecular complexity index is 451. The molecule has 1 unspecified atom stereocenters. The van der Waals surface area contributed by atoms with Gasteiger partial charge in [-0.05, 0) is 22.8 Å². The molecule has 0 amide bonds. The molecule has 2 heteroatoms. The molecule has 0 aliphatic carbocycles. The van der Waals surface area contributed by atoms with Gasteiger partial charge < -0.3 is 0 Å². The fraction of sp³-hybridized carbons (Fsp3) is 0.231. The zero-order valence-electron chi connectivity index (χ0n) is 8.29. The second-order valence-corrected chi connectivity index (χ2v) is 5.58. The Labute approximate surface area is 107 Å². The van der Waals surface area contributed by atoms with Crippen LogP contribution in [0.25, 0.3) is 10.8 Å². The SMILES string of the molecule is BrCC(Br)Cc1ccc2ccccc2c1. The molecular formula is C13H12Br2. The number of hydrogen-bond acceptors (Lipinski definition) is 0. The first-order chi connectivity index (χ1) is 7.29. The van der Waals surface area contributed by atoms with E-state index in [1.54, 1.807) is 0 Å². The molecule has 0 aliphatic rings. The summed E-state index contributed by atoms with van der Waals surface area (Å²) in [6.07, 6.45) is 1.07. The second-order valence-electron chi connectivity index (χ2n) is 3.64. The molecule has 0 saturated heterocycles. The topological polar surface area (TPSA) is 0 Å². The van der Waals surface area contributed by atoms with E-state index in [1.165, 1.54) is 16.3 Å². The molecule has 0 N–H and O–H groups in total. The molecule has 2 aromatic rings. The van der Waals surface area contributed by atoms with Gasteiger partial charge in [-0.1, -0.05) is 74.3 Å². The number of fused-ring (bicyclic) bond motifs is 1. The van der Waals surface area contributed by atoms with E-state index in [-0.39, 0.29) is 0 Å². The van der Waals surface area contributed by atoms with Gasteiger partial charge in [0.15, 0.2) is 0 Å². The zero-order valence-corrected chi connectivity index (χ0v) is 11.5. The van der Waals surface area contributed by atoms with Crippen molar-refractivity contribution in [2.45, 2.75) is 11.2 Å². The Morgan fingerprint density at radius 3 is 2.47 bits per heavy atom. The van der Waals surface area contributed by atoms with Gasteiger partial charge in [-0.25, -0.2) is 0 Å². The van der Waals surface area contributed by atoms with E-state index in [9.17, 15) is 0 Å². The third-order valence-corrected chi connectivity index (χ3v) is 4.74. The lowest BCUT2D eigenvalue weighted by atomic mass is 10.0. The highest BCUT2D eigenvalue weighted by atomic mass is 79.9. The number of halogens is 2. The van der Waals surface area contributed by atoms with Gasteiger partial charge in [-0.3, -0.25) is 0 Å². The van der Waals surface area contributed by atoms with Crippen molar-refractivity contribution in [3.8, 4) is 0 Å². The highest BCUT2D eigenvalue weighted by Gasteiger charge is 2.03. The van der Waals surface area contributed by atoms with Gasteiger partial charge in [-0.15, -0.1) is 0 Å². The summed E-state index contributed by atoms with van der Waals surface area (Å²) in [5.41, 5.74) is 1.38. The summed E-state index contributed by atoms with van der Waals surface area (Å²) in [5.74, 6) is 0. The van der Waals surface area contributed by atoms with Crippen LogP contribution in [0.3, 0.4) is 0 Å². The van der Waals surface area contributed by atoms with Crippen LogP contribution in [-0.4, -0.2) is 10.2 Å². The molecule has 0 spiro atoms. The van der Waals surface area contributed by atoms with Crippen LogP contribution in [0.2, 0.25) is 0 Å². The largest absolute Gasteiger partial charge is 0.0916 e. The zero-order chi connectivity index (χ0) is 10.7. The van der Waals surface area contributed by atoms with E-state index < -0.39 is 0 Å². The van der Waals surface area contributed by atoms with Crippen molar-refractivity contribution < 1.29 is 0 Å². The van der Waals surface area contributed by atoms with Crippen molar-refractivity contribution in [3.63, 3.8) is 0 Å². The maximum Gasteiger partial charge on any atom is 0.0283 e. The fourth-order valence-corrected chi connectivity index (χ4v) is 2.28. The molecule has 78 valence electrons. The van der Waals surface area contributed by atoms with E-state index in [1.807, 2.05) is 0 Å². The first-order valence-electron chi connectivity index (χ1n) is 4.97. The van der Waals surface area contributed by atoms with Crippen LogP contribution in [0.4, 0.5) is 0 Å². The van der Waals surface area contributed by atoms with Crippen LogP contribution < -0.4 is 0 Å². The van der Waals surface area contributed by atoms with Crippen molar-refractivity contribution in [2.24, 2.45) is 0 Å². The number of rotatable bonds is 3. The molecule has 15 heavy (non-hydrogen) atoms. The van der Waals surface area contributed by atoms with Crippen LogP contribution in [0.5, 0.6) is 0 Å². The van der Waals surface area contributed by atoms with E-state index in [4.69, 9.17) is 0 Å². The molecule has 0 aliphatic heterocycles. The highest BCUT2D eigenvalue weighted by Crippen LogP contribution is 2.18. The molecule has 0 bridgehead atoms. The van der Waals surface area contributed by atoms with Crippen molar-refractivity contribution >= 4 is 42.6 Å². The lowest BCUT2D eigenvalue weighted by Crippen LogP contribution is -2.03. The highest BCUT2D eigenvalue weighted by molar-refractivity contribution is 9.12. The van der Waals surface area contributed by atoms with Crippen molar-refractivity contribution in [2.75, 3.05) is 5.33 Å². The van der Waals surface area contributed by atoms with Crippen molar-refractivity contribution in [1.82, 2.24) is 0 Å². The van der Waals surface area contributed by atoms with Gasteiger partial charge >= 0.3 is 0 Å². The Hall–Kier alpha value is -0.340. The van der Waals surface area contributed by atoms with Crippen molar-refractivity contribution in [1.29, 1.82) is 0 Å². The summed E-state index contributed by atoms with van der Waals surface area (Å²) in [4.78, 5) is 0.513. The van der Waals surface area contributed by atoms with Gasteiger partial charge in [0.1, 0.15) is 0 Å². The predicted octanol–water partition coefficient (Wildman–Crippen LogP) is 4.54. The fourth-order valence-electron chi connectivity index (χ4n) is 1.68. The minimum Gasteiger partial charge on any atom is -0.0916 e. The summed E-state index contributed by atoms with van der Waals surface area (Å²) >= 11 is 7.11. The summed E-state index contributed by atoms with van der Waals surface area (Å²) in [5, 5.41) is 3.62. The molecule has 1 atom stereocenters. The summed E-state index contributed by atoms with van der Waals surface area (Å²) in [6, 6.07) is 15.1. The Kier molecular flexibility index (Phi) is 3.81. The smallest absolute Gasteiger partial charge is 0.0283 e. The lowest BCUT2D eigenvalue weighted by molar-refractivity contribution is 0.979. The van der Waals surface area contributed by atoms with Crippen LogP contribution in [0.1, 0.15) is 5.56 Å². The number of benzene rings is 2. The van der Waals surface area contributed by atoms with Gasteiger partial charge in [0, 0.05) is 10.2 Å². The van der Waals surface area contributed by atoms with Crippen LogP contribution >= 0.6 is 31.9 Å². The average Bonchev–Trinajstić information content (AvgIpc) is 2.29. The van der Waals surface area contributed by atoms with Gasteiger partial charge in [0.25, 0.3) is 0 Å². The maximum atomic E-state index is 3.63. The molecule has 0 radical (unpaired) electrons. The number of hydrogen-bond donors (Lipinski definition) is 0. The van der Waals surface area contributed by atoms with E-state index in [0.717, 1.165) is 11.8 Å². The summed E-state index contributed by atoms with van der Waals surface area (Å²) in [6.45, 7) is 0. The molecule has 0 nitrogen and oxygen atoms in total. The van der Waals surface area contributed by atoms with Gasteiger partial charge in [0.2, 0.25) is 0 Å². The molecule has 0 aromatic heterocycles. The van der Waals surface area contributed by atoms with Crippen LogP contribution in [0, 0.1) is 0 Å². The normalized spacial score (nSPS) is 12.9. The predicted molar refractivity (Wildman–Crippen MR) is 74.2 cm³/mol. The first-order valence-corrected chi connectivity index (χ1v) is 7.01. The quantitative estimate of drug-likeness (QED) is 0.726. The van der Waals surface area contributed by atoms with Crippen molar-refractivity contribution in [3.05, 3.63) is 48.0 Å². The second kappa shape index (κ2) is 5.13. The minimum absolute atomic E-state index is 0.513. The Morgan fingerprint density at radius 1 is 1.00 bits per heavy atom. The summed E-state index contributed by atoms with van der Waals surface area (Å²) in [7, 11) is 0. The summed E-state index contributed by atoms with van der Waals surface area (Å²) < 4.78 is 0. The Balaban J connectivity index is 2.30. The third-order valence-electron chi connectivity index (χ3n) is 2.44.